The van der Waals surface area contributed by atoms with Crippen LogP contribution >= 0.6 is 0 Å². The van der Waals surface area contributed by atoms with Crippen molar-refractivity contribution >= 4 is 11.7 Å². The first-order valence-corrected chi connectivity index (χ1v) is 7.04. The molecule has 0 spiro atoms. The van der Waals surface area contributed by atoms with Crippen LogP contribution in [0, 0.1) is 18.3 Å². The van der Waals surface area contributed by atoms with Crippen LogP contribution in [0.2, 0.25) is 0 Å². The highest BCUT2D eigenvalue weighted by molar-refractivity contribution is 5.94. The Hall–Kier alpha value is -2.06. The number of amides is 1. The van der Waals surface area contributed by atoms with E-state index in [1.807, 2.05) is 13.8 Å². The Labute approximate surface area is 126 Å². The average Bonchev–Trinajstić information content (AvgIpc) is 2.50. The zero-order valence-corrected chi connectivity index (χ0v) is 12.8. The lowest BCUT2D eigenvalue weighted by atomic mass is 9.89. The number of carbonyl (C=O) groups excluding carboxylic acids is 1. The quantitative estimate of drug-likeness (QED) is 0.667. The maximum Gasteiger partial charge on any atom is 0.253 e. The van der Waals surface area contributed by atoms with Crippen molar-refractivity contribution in [3.63, 3.8) is 0 Å². The van der Waals surface area contributed by atoms with Crippen molar-refractivity contribution in [2.75, 3.05) is 18.4 Å². The van der Waals surface area contributed by atoms with Crippen LogP contribution in [0.4, 0.5) is 5.82 Å². The summed E-state index contributed by atoms with van der Waals surface area (Å²) in [5, 5.41) is 16.0. The van der Waals surface area contributed by atoms with Crippen LogP contribution in [-0.4, -0.2) is 34.7 Å². The molecule has 0 fully saturated rings. The van der Waals surface area contributed by atoms with Crippen molar-refractivity contribution in [2.45, 2.75) is 32.8 Å². The summed E-state index contributed by atoms with van der Waals surface area (Å²) in [6.07, 6.45) is 7.46. The number of nitrogens with one attached hydrogen (secondary N) is 2. The minimum atomic E-state index is -0.806. The molecule has 2 unspecified atom stereocenters. The summed E-state index contributed by atoms with van der Waals surface area (Å²) in [4.78, 5) is 15.8. The summed E-state index contributed by atoms with van der Waals surface area (Å²) in [6.45, 7) is 6.44. The van der Waals surface area contributed by atoms with Crippen LogP contribution < -0.4 is 10.6 Å². The van der Waals surface area contributed by atoms with Gasteiger partial charge in [0.15, 0.2) is 0 Å². The van der Waals surface area contributed by atoms with Crippen molar-refractivity contribution < 1.29 is 9.90 Å². The van der Waals surface area contributed by atoms with Gasteiger partial charge in [0.2, 0.25) is 0 Å². The minimum absolute atomic E-state index is 0.179. The lowest BCUT2D eigenvalue weighted by Crippen LogP contribution is -2.40. The van der Waals surface area contributed by atoms with Gasteiger partial charge >= 0.3 is 0 Å². The lowest BCUT2D eigenvalue weighted by Gasteiger charge is -2.30. The molecule has 0 aliphatic heterocycles. The molecule has 5 heteroatoms. The first kappa shape index (κ1) is 17.0. The molecule has 21 heavy (non-hydrogen) atoms. The number of carbonyl (C=O) groups is 1. The van der Waals surface area contributed by atoms with Crippen LogP contribution in [0.5, 0.6) is 0 Å². The van der Waals surface area contributed by atoms with Gasteiger partial charge in [0.25, 0.3) is 5.91 Å². The number of terminal acetylenes is 1. The third-order valence-electron chi connectivity index (χ3n) is 3.68. The number of rotatable bonds is 7. The maximum absolute atomic E-state index is 11.7. The zero-order chi connectivity index (χ0) is 15.9. The van der Waals surface area contributed by atoms with Gasteiger partial charge in [-0.25, -0.2) is 4.98 Å². The molecule has 2 atom stereocenters. The van der Waals surface area contributed by atoms with Gasteiger partial charge in [-0.3, -0.25) is 4.79 Å². The third kappa shape index (κ3) is 5.09. The van der Waals surface area contributed by atoms with E-state index in [0.717, 1.165) is 6.42 Å². The normalized spacial score (nSPS) is 14.6. The molecule has 0 radical (unpaired) electrons. The monoisotopic (exact) mass is 289 g/mol. The fraction of sp³-hybridized carbons (Fsp3) is 0.500. The topological polar surface area (TPSA) is 74.2 Å². The standard InChI is InChI=1S/C16H23N3O2/c1-5-9-17-15(20)13-7-8-14(18-10-13)19-11-16(4,21)12(3)6-2/h1,7-8,10,12,21H,6,9,11H2,2-4H3,(H,17,20)(H,18,19). The molecule has 1 rings (SSSR count). The van der Waals surface area contributed by atoms with Crippen molar-refractivity contribution in [2.24, 2.45) is 5.92 Å². The fourth-order valence-electron chi connectivity index (χ4n) is 1.75. The van der Waals surface area contributed by atoms with E-state index in [0.29, 0.717) is 17.9 Å². The Morgan fingerprint density at radius 3 is 2.81 bits per heavy atom. The second-order valence-corrected chi connectivity index (χ2v) is 5.34. The van der Waals surface area contributed by atoms with Crippen LogP contribution in [0.3, 0.4) is 0 Å². The van der Waals surface area contributed by atoms with Crippen molar-refractivity contribution in [3.05, 3.63) is 23.9 Å². The Kier molecular flexibility index (Phi) is 6.19. The lowest BCUT2D eigenvalue weighted by molar-refractivity contribution is 0.0175. The average molecular weight is 289 g/mol. The first-order valence-electron chi connectivity index (χ1n) is 7.04. The molecule has 5 nitrogen and oxygen atoms in total. The Bertz CT molecular complexity index is 503. The molecular weight excluding hydrogens is 266 g/mol. The van der Waals surface area contributed by atoms with Crippen LogP contribution in [0.1, 0.15) is 37.6 Å². The second-order valence-electron chi connectivity index (χ2n) is 5.34. The zero-order valence-electron chi connectivity index (χ0n) is 12.8. The SMILES string of the molecule is C#CCNC(=O)c1ccc(NCC(C)(O)C(C)CC)nc1. The maximum atomic E-state index is 11.7. The van der Waals surface area contributed by atoms with Gasteiger partial charge in [0, 0.05) is 12.7 Å². The van der Waals surface area contributed by atoms with Gasteiger partial charge < -0.3 is 15.7 Å². The number of hydrogen-bond donors (Lipinski definition) is 3. The summed E-state index contributed by atoms with van der Waals surface area (Å²) >= 11 is 0. The van der Waals surface area contributed by atoms with Crippen LogP contribution in [-0.2, 0) is 0 Å². The molecule has 0 bridgehead atoms. The molecule has 0 aromatic carbocycles. The van der Waals surface area contributed by atoms with E-state index in [9.17, 15) is 9.90 Å². The van der Waals surface area contributed by atoms with Crippen molar-refractivity contribution in [1.82, 2.24) is 10.3 Å². The predicted octanol–water partition coefficient (Wildman–Crippen LogP) is 1.65. The molecule has 3 N–H and O–H groups in total. The Balaban J connectivity index is 2.59. The molecule has 1 amide bonds. The van der Waals surface area contributed by atoms with Gasteiger partial charge in [-0.2, -0.15) is 0 Å². The molecule has 1 heterocycles. The predicted molar refractivity (Wildman–Crippen MR) is 84.0 cm³/mol. The number of hydrogen-bond acceptors (Lipinski definition) is 4. The van der Waals surface area contributed by atoms with E-state index < -0.39 is 5.60 Å². The molecule has 0 aliphatic rings. The van der Waals surface area contributed by atoms with Gasteiger partial charge in [-0.15, -0.1) is 6.42 Å². The van der Waals surface area contributed by atoms with Gasteiger partial charge in [-0.05, 0) is 25.0 Å². The smallest absolute Gasteiger partial charge is 0.253 e. The minimum Gasteiger partial charge on any atom is -0.388 e. The largest absolute Gasteiger partial charge is 0.388 e. The Morgan fingerprint density at radius 1 is 1.57 bits per heavy atom. The van der Waals surface area contributed by atoms with E-state index >= 15 is 0 Å². The highest BCUT2D eigenvalue weighted by Gasteiger charge is 2.26. The summed E-state index contributed by atoms with van der Waals surface area (Å²) < 4.78 is 0. The van der Waals surface area contributed by atoms with Crippen molar-refractivity contribution in [3.8, 4) is 12.3 Å². The summed E-state index contributed by atoms with van der Waals surface area (Å²) in [5.74, 6) is 2.89. The van der Waals surface area contributed by atoms with Gasteiger partial charge in [0.1, 0.15) is 5.82 Å². The number of aliphatic hydroxyl groups is 1. The molecule has 0 saturated carbocycles. The molecule has 1 aromatic heterocycles. The van der Waals surface area contributed by atoms with Crippen molar-refractivity contribution in [1.29, 1.82) is 0 Å². The molecular formula is C16H23N3O2. The van der Waals surface area contributed by atoms with E-state index in [1.165, 1.54) is 6.20 Å². The summed E-state index contributed by atoms with van der Waals surface area (Å²) in [5.41, 5.74) is -0.358. The molecule has 1 aromatic rings. The Morgan fingerprint density at radius 2 is 2.29 bits per heavy atom. The second kappa shape index (κ2) is 7.65. The van der Waals surface area contributed by atoms with Gasteiger partial charge in [-0.1, -0.05) is 26.2 Å². The van der Waals surface area contributed by atoms with Crippen LogP contribution in [0.15, 0.2) is 18.3 Å². The third-order valence-corrected chi connectivity index (χ3v) is 3.68. The molecule has 0 saturated heterocycles. The highest BCUT2D eigenvalue weighted by Crippen LogP contribution is 2.20. The fourth-order valence-corrected chi connectivity index (χ4v) is 1.75. The number of nitrogens with zero attached hydrogens (tertiary/aromatic N) is 1. The van der Waals surface area contributed by atoms with E-state index in [2.05, 4.69) is 21.5 Å². The summed E-state index contributed by atoms with van der Waals surface area (Å²) in [7, 11) is 0. The summed E-state index contributed by atoms with van der Waals surface area (Å²) in [6, 6.07) is 3.37. The number of aromatic nitrogens is 1. The van der Waals surface area contributed by atoms with E-state index in [1.54, 1.807) is 19.1 Å². The van der Waals surface area contributed by atoms with Crippen LogP contribution in [0.25, 0.3) is 0 Å². The first-order chi connectivity index (χ1) is 9.90. The van der Waals surface area contributed by atoms with E-state index in [4.69, 9.17) is 6.42 Å². The molecule has 114 valence electrons. The highest BCUT2D eigenvalue weighted by atomic mass is 16.3. The number of anilines is 1. The van der Waals surface area contributed by atoms with E-state index in [-0.39, 0.29) is 18.4 Å². The number of pyridine rings is 1. The van der Waals surface area contributed by atoms with Gasteiger partial charge in [0.05, 0.1) is 17.7 Å². The molecule has 0 aliphatic carbocycles.